The lowest BCUT2D eigenvalue weighted by Crippen LogP contribution is -2.32. The van der Waals surface area contributed by atoms with E-state index in [1.807, 2.05) is 13.8 Å². The van der Waals surface area contributed by atoms with E-state index in [1.54, 1.807) is 23.9 Å². The van der Waals surface area contributed by atoms with Gasteiger partial charge in [-0.1, -0.05) is 5.21 Å². The van der Waals surface area contributed by atoms with Gasteiger partial charge in [0.2, 0.25) is 0 Å². The number of ether oxygens (including phenoxy) is 1. The highest BCUT2D eigenvalue weighted by molar-refractivity contribution is 5.92. The normalized spacial score (nSPS) is 11.9. The van der Waals surface area contributed by atoms with Crippen LogP contribution in [0.3, 0.4) is 0 Å². The summed E-state index contributed by atoms with van der Waals surface area (Å²) in [5, 5.41) is 17.0. The number of aromatic nitrogens is 3. The number of benzene rings is 1. The fraction of sp³-hybridized carbons (Fsp3) is 0.417. The Labute approximate surface area is 104 Å². The van der Waals surface area contributed by atoms with Gasteiger partial charge >= 0.3 is 5.97 Å². The van der Waals surface area contributed by atoms with Crippen molar-refractivity contribution in [1.29, 1.82) is 0 Å². The van der Waals surface area contributed by atoms with E-state index in [-0.39, 0.29) is 11.1 Å². The molecule has 0 saturated heterocycles. The fourth-order valence-corrected chi connectivity index (χ4v) is 1.92. The first kappa shape index (κ1) is 12.5. The van der Waals surface area contributed by atoms with Gasteiger partial charge in [-0.25, -0.2) is 9.48 Å². The molecule has 0 aliphatic rings. The van der Waals surface area contributed by atoms with E-state index < -0.39 is 5.97 Å². The summed E-state index contributed by atoms with van der Waals surface area (Å²) in [6, 6.07) is 4.79. The first-order valence-corrected chi connectivity index (χ1v) is 5.54. The molecule has 0 atom stereocenters. The van der Waals surface area contributed by atoms with Gasteiger partial charge in [-0.2, -0.15) is 0 Å². The van der Waals surface area contributed by atoms with Gasteiger partial charge in [0.15, 0.2) is 0 Å². The monoisotopic (exact) mass is 249 g/mol. The number of methoxy groups -OCH3 is 1. The number of carboxylic acids is 1. The second kappa shape index (κ2) is 4.38. The maximum Gasteiger partial charge on any atom is 0.335 e. The Morgan fingerprint density at radius 3 is 2.83 bits per heavy atom. The molecule has 0 aliphatic heterocycles. The van der Waals surface area contributed by atoms with Crippen LogP contribution in [-0.4, -0.2) is 39.8 Å². The van der Waals surface area contributed by atoms with Gasteiger partial charge in [0.05, 0.1) is 23.2 Å². The van der Waals surface area contributed by atoms with Crippen LogP contribution in [-0.2, 0) is 10.3 Å². The van der Waals surface area contributed by atoms with Crippen LogP contribution in [0.15, 0.2) is 18.2 Å². The zero-order valence-electron chi connectivity index (χ0n) is 10.5. The van der Waals surface area contributed by atoms with E-state index in [9.17, 15) is 4.79 Å². The summed E-state index contributed by atoms with van der Waals surface area (Å²) in [5.74, 6) is -0.970. The molecule has 96 valence electrons. The third-order valence-electron chi connectivity index (χ3n) is 2.76. The van der Waals surface area contributed by atoms with Crippen molar-refractivity contribution in [3.05, 3.63) is 23.8 Å². The van der Waals surface area contributed by atoms with Gasteiger partial charge in [-0.15, -0.1) is 5.10 Å². The number of aromatic carboxylic acids is 1. The minimum absolute atomic E-state index is 0.207. The summed E-state index contributed by atoms with van der Waals surface area (Å²) >= 11 is 0. The van der Waals surface area contributed by atoms with Crippen molar-refractivity contribution in [2.75, 3.05) is 13.7 Å². The first-order valence-electron chi connectivity index (χ1n) is 5.54. The van der Waals surface area contributed by atoms with Crippen molar-refractivity contribution in [3.8, 4) is 0 Å². The average molecular weight is 249 g/mol. The predicted molar refractivity (Wildman–Crippen MR) is 65.7 cm³/mol. The van der Waals surface area contributed by atoms with Gasteiger partial charge in [0, 0.05) is 7.11 Å². The minimum atomic E-state index is -0.970. The molecule has 2 rings (SSSR count). The molecule has 18 heavy (non-hydrogen) atoms. The van der Waals surface area contributed by atoms with Gasteiger partial charge < -0.3 is 9.84 Å². The summed E-state index contributed by atoms with van der Waals surface area (Å²) in [4.78, 5) is 10.9. The van der Waals surface area contributed by atoms with Crippen molar-refractivity contribution < 1.29 is 14.6 Å². The van der Waals surface area contributed by atoms with Crippen LogP contribution in [0, 0.1) is 0 Å². The zero-order valence-corrected chi connectivity index (χ0v) is 10.5. The smallest absolute Gasteiger partial charge is 0.335 e. The maximum atomic E-state index is 10.9. The van der Waals surface area contributed by atoms with E-state index in [0.29, 0.717) is 12.1 Å². The number of fused-ring (bicyclic) bond motifs is 1. The second-order valence-electron chi connectivity index (χ2n) is 4.76. The average Bonchev–Trinajstić information content (AvgIpc) is 2.71. The lowest BCUT2D eigenvalue weighted by Gasteiger charge is -2.24. The molecule has 1 N–H and O–H groups in total. The van der Waals surface area contributed by atoms with Crippen molar-refractivity contribution in [2.24, 2.45) is 0 Å². The Hall–Kier alpha value is -1.95. The van der Waals surface area contributed by atoms with Crippen molar-refractivity contribution in [2.45, 2.75) is 19.4 Å². The largest absolute Gasteiger partial charge is 0.478 e. The molecule has 1 aromatic heterocycles. The van der Waals surface area contributed by atoms with E-state index in [2.05, 4.69) is 10.3 Å². The Balaban J connectivity index is 2.52. The number of carboxylic acid groups (broad SMARTS) is 1. The molecule has 6 nitrogen and oxygen atoms in total. The molecule has 0 fully saturated rings. The van der Waals surface area contributed by atoms with E-state index in [1.165, 1.54) is 6.07 Å². The van der Waals surface area contributed by atoms with E-state index in [4.69, 9.17) is 9.84 Å². The molecule has 6 heteroatoms. The number of carbonyl (C=O) groups is 1. The molecule has 2 aromatic rings. The molecule has 1 heterocycles. The molecule has 0 bridgehead atoms. The zero-order chi connectivity index (χ0) is 13.3. The van der Waals surface area contributed by atoms with Crippen LogP contribution >= 0.6 is 0 Å². The summed E-state index contributed by atoms with van der Waals surface area (Å²) in [7, 11) is 1.63. The molecule has 0 radical (unpaired) electrons. The number of hydrogen-bond donors (Lipinski definition) is 1. The fourth-order valence-electron chi connectivity index (χ4n) is 1.92. The third kappa shape index (κ3) is 2.06. The van der Waals surface area contributed by atoms with Crippen LogP contribution in [0.1, 0.15) is 24.2 Å². The van der Waals surface area contributed by atoms with Gasteiger partial charge in [-0.05, 0) is 32.0 Å². The van der Waals surface area contributed by atoms with Crippen molar-refractivity contribution in [1.82, 2.24) is 15.0 Å². The molecule has 0 saturated carbocycles. The standard InChI is InChI=1S/C12H15N3O3/c1-12(2,7-18-3)15-10-5-4-8(11(16)17)6-9(10)13-14-15/h4-6H,7H2,1-3H3,(H,16,17). The lowest BCUT2D eigenvalue weighted by molar-refractivity contribution is 0.0697. The van der Waals surface area contributed by atoms with Crippen LogP contribution in [0.4, 0.5) is 0 Å². The van der Waals surface area contributed by atoms with Crippen LogP contribution < -0.4 is 0 Å². The van der Waals surface area contributed by atoms with Gasteiger partial charge in [0.1, 0.15) is 5.52 Å². The SMILES string of the molecule is COCC(C)(C)n1nnc2cc(C(=O)O)ccc21. The molecule has 0 unspecified atom stereocenters. The van der Waals surface area contributed by atoms with Crippen LogP contribution in [0.5, 0.6) is 0 Å². The first-order chi connectivity index (χ1) is 8.45. The Kier molecular flexibility index (Phi) is 3.04. The highest BCUT2D eigenvalue weighted by atomic mass is 16.5. The molecule has 0 spiro atoms. The van der Waals surface area contributed by atoms with E-state index >= 15 is 0 Å². The molecule has 1 aromatic carbocycles. The quantitative estimate of drug-likeness (QED) is 0.888. The lowest BCUT2D eigenvalue weighted by atomic mass is 10.1. The predicted octanol–water partition coefficient (Wildman–Crippen LogP) is 1.51. The van der Waals surface area contributed by atoms with Crippen LogP contribution in [0.25, 0.3) is 11.0 Å². The summed E-state index contributed by atoms with van der Waals surface area (Å²) in [5.41, 5.74) is 1.23. The summed E-state index contributed by atoms with van der Waals surface area (Å²) in [6.07, 6.45) is 0. The Morgan fingerprint density at radius 1 is 1.50 bits per heavy atom. The number of hydrogen-bond acceptors (Lipinski definition) is 4. The van der Waals surface area contributed by atoms with Crippen molar-refractivity contribution in [3.63, 3.8) is 0 Å². The maximum absolute atomic E-state index is 10.9. The highest BCUT2D eigenvalue weighted by Crippen LogP contribution is 2.21. The number of rotatable bonds is 4. The Morgan fingerprint density at radius 2 is 2.22 bits per heavy atom. The highest BCUT2D eigenvalue weighted by Gasteiger charge is 2.24. The van der Waals surface area contributed by atoms with E-state index in [0.717, 1.165) is 5.52 Å². The Bertz CT molecular complexity index is 589. The van der Waals surface area contributed by atoms with Crippen molar-refractivity contribution >= 4 is 17.0 Å². The molecule has 0 amide bonds. The summed E-state index contributed by atoms with van der Waals surface area (Å²) in [6.45, 7) is 4.46. The molecule has 0 aliphatic carbocycles. The third-order valence-corrected chi connectivity index (χ3v) is 2.76. The van der Waals surface area contributed by atoms with Gasteiger partial charge in [0.25, 0.3) is 0 Å². The van der Waals surface area contributed by atoms with Gasteiger partial charge in [-0.3, -0.25) is 0 Å². The minimum Gasteiger partial charge on any atom is -0.478 e. The summed E-state index contributed by atoms with van der Waals surface area (Å²) < 4.78 is 6.91. The second-order valence-corrected chi connectivity index (χ2v) is 4.76. The topological polar surface area (TPSA) is 77.2 Å². The van der Waals surface area contributed by atoms with Crippen LogP contribution in [0.2, 0.25) is 0 Å². The number of nitrogens with zero attached hydrogens (tertiary/aromatic N) is 3. The molecular formula is C12H15N3O3. The molecular weight excluding hydrogens is 234 g/mol.